The predicted molar refractivity (Wildman–Crippen MR) is 109 cm³/mol. The van der Waals surface area contributed by atoms with Gasteiger partial charge < -0.3 is 9.84 Å². The summed E-state index contributed by atoms with van der Waals surface area (Å²) in [6, 6.07) is 19.3. The summed E-state index contributed by atoms with van der Waals surface area (Å²) in [5.74, 6) is -0.652. The van der Waals surface area contributed by atoms with Gasteiger partial charge in [-0.3, -0.25) is 0 Å². The zero-order valence-corrected chi connectivity index (χ0v) is 15.8. The highest BCUT2D eigenvalue weighted by Crippen LogP contribution is 2.42. The molecule has 1 heterocycles. The molecule has 5 heteroatoms. The highest BCUT2D eigenvalue weighted by molar-refractivity contribution is 5.94. The molecule has 4 nitrogen and oxygen atoms in total. The number of pyridine rings is 1. The van der Waals surface area contributed by atoms with Crippen molar-refractivity contribution >= 4 is 17.1 Å². The standard InChI is InChI=1S/C24H20FNO3/c25-20-11-3-1-7-16(20)15-29-23-14-4-2-8-19(23)17-9-5-10-18(17)21-12-6-13-22(26-21)24(27)28/h1-4,6-8,11-14H,5,9-10,15H2,(H,27,28). The number of carboxylic acids is 1. The molecular formula is C24H20FNO3. The van der Waals surface area contributed by atoms with E-state index >= 15 is 0 Å². The minimum atomic E-state index is -1.04. The van der Waals surface area contributed by atoms with E-state index in [1.54, 1.807) is 24.3 Å². The number of allylic oxidation sites excluding steroid dienone is 2. The summed E-state index contributed by atoms with van der Waals surface area (Å²) in [7, 11) is 0. The number of aromatic carboxylic acids is 1. The van der Waals surface area contributed by atoms with E-state index in [4.69, 9.17) is 4.74 Å². The number of rotatable bonds is 6. The summed E-state index contributed by atoms with van der Waals surface area (Å²) in [6.07, 6.45) is 2.65. The molecule has 1 N–H and O–H groups in total. The van der Waals surface area contributed by atoms with Gasteiger partial charge in [-0.05, 0) is 54.7 Å². The molecule has 0 fully saturated rings. The summed E-state index contributed by atoms with van der Waals surface area (Å²) >= 11 is 0. The van der Waals surface area contributed by atoms with E-state index in [1.807, 2.05) is 30.3 Å². The predicted octanol–water partition coefficient (Wildman–Crippen LogP) is 5.59. The molecule has 0 bridgehead atoms. The molecule has 29 heavy (non-hydrogen) atoms. The number of aromatic nitrogens is 1. The SMILES string of the molecule is O=C(O)c1cccc(C2=C(c3ccccc3OCc3ccccc3F)CCC2)n1. The number of ether oxygens (including phenoxy) is 1. The lowest BCUT2D eigenvalue weighted by Gasteiger charge is -2.14. The lowest BCUT2D eigenvalue weighted by molar-refractivity contribution is 0.0690. The summed E-state index contributed by atoms with van der Waals surface area (Å²) in [4.78, 5) is 15.6. The molecule has 0 spiro atoms. The van der Waals surface area contributed by atoms with Crippen molar-refractivity contribution in [1.29, 1.82) is 0 Å². The van der Waals surface area contributed by atoms with E-state index in [2.05, 4.69) is 4.98 Å². The van der Waals surface area contributed by atoms with Crippen LogP contribution in [0.4, 0.5) is 4.39 Å². The van der Waals surface area contributed by atoms with Crippen LogP contribution >= 0.6 is 0 Å². The van der Waals surface area contributed by atoms with E-state index < -0.39 is 5.97 Å². The molecule has 0 saturated heterocycles. The second kappa shape index (κ2) is 8.27. The number of hydrogen-bond donors (Lipinski definition) is 1. The third-order valence-electron chi connectivity index (χ3n) is 5.05. The fourth-order valence-corrected chi connectivity index (χ4v) is 3.66. The molecule has 0 saturated carbocycles. The third kappa shape index (κ3) is 4.04. The van der Waals surface area contributed by atoms with Gasteiger partial charge in [-0.2, -0.15) is 0 Å². The van der Waals surface area contributed by atoms with Crippen LogP contribution in [-0.4, -0.2) is 16.1 Å². The lowest BCUT2D eigenvalue weighted by Crippen LogP contribution is -2.03. The van der Waals surface area contributed by atoms with Crippen molar-refractivity contribution in [1.82, 2.24) is 4.98 Å². The average Bonchev–Trinajstić information content (AvgIpc) is 3.23. The molecule has 0 aliphatic heterocycles. The van der Waals surface area contributed by atoms with E-state index in [9.17, 15) is 14.3 Å². The van der Waals surface area contributed by atoms with Crippen molar-refractivity contribution in [3.63, 3.8) is 0 Å². The normalized spacial score (nSPS) is 13.6. The monoisotopic (exact) mass is 389 g/mol. The van der Waals surface area contributed by atoms with Crippen LogP contribution in [0.5, 0.6) is 5.75 Å². The third-order valence-corrected chi connectivity index (χ3v) is 5.05. The first-order valence-corrected chi connectivity index (χ1v) is 9.52. The van der Waals surface area contributed by atoms with Crippen molar-refractivity contribution in [3.8, 4) is 5.75 Å². The van der Waals surface area contributed by atoms with Gasteiger partial charge in [-0.15, -0.1) is 0 Å². The van der Waals surface area contributed by atoms with Gasteiger partial charge in [0.05, 0.1) is 5.69 Å². The van der Waals surface area contributed by atoms with Gasteiger partial charge in [0, 0.05) is 11.1 Å². The first-order chi connectivity index (χ1) is 14.1. The smallest absolute Gasteiger partial charge is 0.354 e. The van der Waals surface area contributed by atoms with Crippen molar-refractivity contribution in [2.45, 2.75) is 25.9 Å². The van der Waals surface area contributed by atoms with Gasteiger partial charge >= 0.3 is 5.97 Å². The van der Waals surface area contributed by atoms with E-state index in [-0.39, 0.29) is 18.1 Å². The first-order valence-electron chi connectivity index (χ1n) is 9.52. The number of carbonyl (C=O) groups is 1. The van der Waals surface area contributed by atoms with E-state index in [1.165, 1.54) is 12.1 Å². The largest absolute Gasteiger partial charge is 0.488 e. The molecule has 0 atom stereocenters. The van der Waals surface area contributed by atoms with Crippen molar-refractivity contribution in [3.05, 3.63) is 95.1 Å². The zero-order valence-electron chi connectivity index (χ0n) is 15.8. The Balaban J connectivity index is 1.69. The minimum Gasteiger partial charge on any atom is -0.488 e. The van der Waals surface area contributed by atoms with Crippen molar-refractivity contribution in [2.24, 2.45) is 0 Å². The van der Waals surface area contributed by atoms with Gasteiger partial charge in [-0.1, -0.05) is 42.5 Å². The quantitative estimate of drug-likeness (QED) is 0.597. The summed E-state index contributed by atoms with van der Waals surface area (Å²) in [5.41, 5.74) is 4.29. The number of nitrogens with zero attached hydrogens (tertiary/aromatic N) is 1. The summed E-state index contributed by atoms with van der Waals surface area (Å²) in [5, 5.41) is 9.25. The summed E-state index contributed by atoms with van der Waals surface area (Å²) < 4.78 is 19.9. The van der Waals surface area contributed by atoms with Crippen LogP contribution < -0.4 is 4.74 Å². The number of benzene rings is 2. The zero-order chi connectivity index (χ0) is 20.2. The highest BCUT2D eigenvalue weighted by atomic mass is 19.1. The maximum Gasteiger partial charge on any atom is 0.354 e. The molecule has 0 unspecified atom stereocenters. The number of para-hydroxylation sites is 1. The molecular weight excluding hydrogens is 369 g/mol. The molecule has 0 amide bonds. The molecule has 2 aromatic carbocycles. The topological polar surface area (TPSA) is 59.4 Å². The van der Waals surface area contributed by atoms with Crippen LogP contribution in [0.15, 0.2) is 66.7 Å². The van der Waals surface area contributed by atoms with Gasteiger partial charge in [0.1, 0.15) is 23.9 Å². The Labute approximate surface area is 168 Å². The molecule has 1 aliphatic rings. The first kappa shape index (κ1) is 18.9. The highest BCUT2D eigenvalue weighted by Gasteiger charge is 2.22. The Bertz CT molecular complexity index is 1090. The summed E-state index contributed by atoms with van der Waals surface area (Å²) in [6.45, 7) is 0.138. The Morgan fingerprint density at radius 3 is 2.55 bits per heavy atom. The van der Waals surface area contributed by atoms with Crippen molar-refractivity contribution in [2.75, 3.05) is 0 Å². The van der Waals surface area contributed by atoms with Crippen LogP contribution in [0.25, 0.3) is 11.1 Å². The van der Waals surface area contributed by atoms with Gasteiger partial charge in [0.15, 0.2) is 0 Å². The van der Waals surface area contributed by atoms with Crippen LogP contribution in [0.1, 0.15) is 46.6 Å². The second-order valence-electron chi connectivity index (χ2n) is 6.90. The Morgan fingerprint density at radius 1 is 0.966 bits per heavy atom. The lowest BCUT2D eigenvalue weighted by atomic mass is 9.99. The Hall–Kier alpha value is -3.47. The average molecular weight is 389 g/mol. The van der Waals surface area contributed by atoms with Crippen molar-refractivity contribution < 1.29 is 19.0 Å². The molecule has 0 radical (unpaired) electrons. The van der Waals surface area contributed by atoms with Gasteiger partial charge in [0.25, 0.3) is 0 Å². The van der Waals surface area contributed by atoms with Crippen LogP contribution in [0, 0.1) is 5.82 Å². The number of hydrogen-bond acceptors (Lipinski definition) is 3. The van der Waals surface area contributed by atoms with Gasteiger partial charge in [-0.25, -0.2) is 14.2 Å². The fraction of sp³-hybridized carbons (Fsp3) is 0.167. The Kier molecular flexibility index (Phi) is 5.38. The maximum absolute atomic E-state index is 13.9. The number of carboxylic acid groups (broad SMARTS) is 1. The van der Waals surface area contributed by atoms with Gasteiger partial charge in [0.2, 0.25) is 0 Å². The fourth-order valence-electron chi connectivity index (χ4n) is 3.66. The molecule has 1 aromatic heterocycles. The molecule has 1 aliphatic carbocycles. The Morgan fingerprint density at radius 2 is 1.72 bits per heavy atom. The van der Waals surface area contributed by atoms with Crippen LogP contribution in [0.2, 0.25) is 0 Å². The van der Waals surface area contributed by atoms with E-state index in [0.29, 0.717) is 17.0 Å². The molecule has 3 aromatic rings. The van der Waals surface area contributed by atoms with Crippen LogP contribution in [-0.2, 0) is 6.61 Å². The molecule has 146 valence electrons. The minimum absolute atomic E-state index is 0.0327. The molecule has 4 rings (SSSR count). The maximum atomic E-state index is 13.9. The van der Waals surface area contributed by atoms with E-state index in [0.717, 1.165) is 36.0 Å². The van der Waals surface area contributed by atoms with Crippen LogP contribution in [0.3, 0.4) is 0 Å². The number of halogens is 1. The second-order valence-corrected chi connectivity index (χ2v) is 6.90.